The fourth-order valence-corrected chi connectivity index (χ4v) is 2.71. The molecule has 0 amide bonds. The summed E-state index contributed by atoms with van der Waals surface area (Å²) in [5.74, 6) is 0.436. The van der Waals surface area contributed by atoms with Crippen LogP contribution in [0.1, 0.15) is 16.0 Å². The third-order valence-electron chi connectivity index (χ3n) is 2.94. The van der Waals surface area contributed by atoms with Crippen molar-refractivity contribution in [1.29, 1.82) is 0 Å². The molecule has 0 aliphatic heterocycles. The summed E-state index contributed by atoms with van der Waals surface area (Å²) in [6.45, 7) is 0. The van der Waals surface area contributed by atoms with Gasteiger partial charge in [-0.1, -0.05) is 39.7 Å². The van der Waals surface area contributed by atoms with Crippen LogP contribution in [0.5, 0.6) is 11.5 Å². The summed E-state index contributed by atoms with van der Waals surface area (Å²) in [7, 11) is 3.00. The largest absolute Gasteiger partial charge is 0.495 e. The predicted octanol–water partition coefficient (Wildman–Crippen LogP) is 4.98. The topological polar surface area (TPSA) is 18.5 Å². The summed E-state index contributed by atoms with van der Waals surface area (Å²) in [6, 6.07) is 10.3. The molecule has 1 unspecified atom stereocenters. The van der Waals surface area contributed by atoms with Gasteiger partial charge in [-0.05, 0) is 35.4 Å². The quantitative estimate of drug-likeness (QED) is 0.717. The summed E-state index contributed by atoms with van der Waals surface area (Å²) < 4.78 is 23.8. The van der Waals surface area contributed by atoms with Gasteiger partial charge in [0.15, 0.2) is 11.6 Å². The summed E-state index contributed by atoms with van der Waals surface area (Å²) in [5.41, 5.74) is 1.70. The van der Waals surface area contributed by atoms with Crippen LogP contribution in [0, 0.1) is 5.82 Å². The number of ether oxygens (including phenoxy) is 2. The van der Waals surface area contributed by atoms with Crippen LogP contribution in [0.15, 0.2) is 36.4 Å². The van der Waals surface area contributed by atoms with Crippen LogP contribution >= 0.6 is 27.5 Å². The highest BCUT2D eigenvalue weighted by Gasteiger charge is 2.14. The lowest BCUT2D eigenvalue weighted by molar-refractivity contribution is 0.386. The maximum atomic E-state index is 13.7. The van der Waals surface area contributed by atoms with Gasteiger partial charge in [0.05, 0.1) is 24.1 Å². The van der Waals surface area contributed by atoms with E-state index < -0.39 is 5.82 Å². The number of halogens is 3. The number of methoxy groups -OCH3 is 2. The smallest absolute Gasteiger partial charge is 0.165 e. The highest BCUT2D eigenvalue weighted by molar-refractivity contribution is 9.09. The predicted molar refractivity (Wildman–Crippen MR) is 81.7 cm³/mol. The molecule has 0 radical (unpaired) electrons. The van der Waals surface area contributed by atoms with Gasteiger partial charge in [0.2, 0.25) is 0 Å². The van der Waals surface area contributed by atoms with E-state index in [1.54, 1.807) is 31.4 Å². The minimum Gasteiger partial charge on any atom is -0.495 e. The average molecular weight is 360 g/mol. The second-order valence-corrected chi connectivity index (χ2v) is 5.47. The van der Waals surface area contributed by atoms with Gasteiger partial charge in [-0.3, -0.25) is 0 Å². The summed E-state index contributed by atoms with van der Waals surface area (Å²) in [6.07, 6.45) is 0. The molecular formula is C15H13BrClFO2. The molecule has 106 valence electrons. The summed E-state index contributed by atoms with van der Waals surface area (Å²) >= 11 is 9.65. The first-order valence-corrected chi connectivity index (χ1v) is 7.17. The molecule has 0 aromatic heterocycles. The van der Waals surface area contributed by atoms with E-state index in [-0.39, 0.29) is 10.6 Å². The minimum absolute atomic E-state index is 0.161. The number of rotatable bonds is 4. The zero-order chi connectivity index (χ0) is 14.7. The molecule has 2 nitrogen and oxygen atoms in total. The van der Waals surface area contributed by atoms with Gasteiger partial charge >= 0.3 is 0 Å². The molecular weight excluding hydrogens is 347 g/mol. The molecule has 1 atom stereocenters. The molecule has 0 spiro atoms. The lowest BCUT2D eigenvalue weighted by Crippen LogP contribution is -1.96. The van der Waals surface area contributed by atoms with E-state index in [4.69, 9.17) is 21.1 Å². The van der Waals surface area contributed by atoms with Crippen molar-refractivity contribution in [3.05, 3.63) is 58.4 Å². The standard InChI is InChI=1S/C15H13BrClFO2/c1-19-13-5-3-9(7-11(13)17)15(16)10-4-6-14(20-2)12(18)8-10/h3-8,15H,1-2H3. The first-order valence-electron chi connectivity index (χ1n) is 5.87. The van der Waals surface area contributed by atoms with Crippen molar-refractivity contribution >= 4 is 27.5 Å². The van der Waals surface area contributed by atoms with E-state index in [1.165, 1.54) is 13.2 Å². The zero-order valence-electron chi connectivity index (χ0n) is 11.0. The lowest BCUT2D eigenvalue weighted by Gasteiger charge is -2.13. The van der Waals surface area contributed by atoms with E-state index in [9.17, 15) is 4.39 Å². The lowest BCUT2D eigenvalue weighted by atomic mass is 10.0. The monoisotopic (exact) mass is 358 g/mol. The molecule has 2 aromatic carbocycles. The number of hydrogen-bond donors (Lipinski definition) is 0. The first-order chi connectivity index (χ1) is 9.56. The molecule has 2 aromatic rings. The zero-order valence-corrected chi connectivity index (χ0v) is 13.3. The van der Waals surface area contributed by atoms with Gasteiger partial charge in [-0.15, -0.1) is 0 Å². The van der Waals surface area contributed by atoms with E-state index in [0.29, 0.717) is 10.8 Å². The molecule has 0 saturated carbocycles. The molecule has 0 heterocycles. The van der Waals surface area contributed by atoms with Gasteiger partial charge in [0, 0.05) is 0 Å². The van der Waals surface area contributed by atoms with Crippen LogP contribution in [0.25, 0.3) is 0 Å². The summed E-state index contributed by atoms with van der Waals surface area (Å²) in [5, 5.41) is 0.517. The molecule has 0 fully saturated rings. The number of hydrogen-bond acceptors (Lipinski definition) is 2. The third kappa shape index (κ3) is 3.07. The Morgan fingerprint density at radius 2 is 1.55 bits per heavy atom. The maximum absolute atomic E-state index is 13.7. The highest BCUT2D eigenvalue weighted by Crippen LogP contribution is 2.36. The van der Waals surface area contributed by atoms with E-state index >= 15 is 0 Å². The molecule has 0 aliphatic carbocycles. The van der Waals surface area contributed by atoms with Gasteiger partial charge in [-0.25, -0.2) is 4.39 Å². The van der Waals surface area contributed by atoms with Gasteiger partial charge in [-0.2, -0.15) is 0 Å². The molecule has 5 heteroatoms. The van der Waals surface area contributed by atoms with E-state index in [2.05, 4.69) is 15.9 Å². The van der Waals surface area contributed by atoms with Crippen molar-refractivity contribution in [2.24, 2.45) is 0 Å². The Morgan fingerprint density at radius 1 is 1.00 bits per heavy atom. The molecule has 0 aliphatic rings. The van der Waals surface area contributed by atoms with Crippen LogP contribution < -0.4 is 9.47 Å². The van der Waals surface area contributed by atoms with Crippen molar-refractivity contribution in [2.75, 3.05) is 14.2 Å². The van der Waals surface area contributed by atoms with Crippen LogP contribution in [-0.2, 0) is 0 Å². The van der Waals surface area contributed by atoms with E-state index in [1.807, 2.05) is 6.07 Å². The SMILES string of the molecule is COc1ccc(C(Br)c2ccc(OC)c(Cl)c2)cc1F. The molecule has 0 bridgehead atoms. The Morgan fingerprint density at radius 3 is 2.05 bits per heavy atom. The van der Waals surface area contributed by atoms with Gasteiger partial charge in [0.25, 0.3) is 0 Å². The number of alkyl halides is 1. The fraction of sp³-hybridized carbons (Fsp3) is 0.200. The Bertz CT molecular complexity index is 565. The third-order valence-corrected chi connectivity index (χ3v) is 4.29. The van der Waals surface area contributed by atoms with Crippen molar-refractivity contribution < 1.29 is 13.9 Å². The van der Waals surface area contributed by atoms with Crippen LogP contribution in [0.4, 0.5) is 4.39 Å². The maximum Gasteiger partial charge on any atom is 0.165 e. The number of benzene rings is 2. The van der Waals surface area contributed by atoms with Crippen LogP contribution in [0.2, 0.25) is 5.02 Å². The normalized spacial score (nSPS) is 12.1. The second kappa shape index (κ2) is 6.46. The van der Waals surface area contributed by atoms with Gasteiger partial charge in [0.1, 0.15) is 5.75 Å². The molecule has 20 heavy (non-hydrogen) atoms. The van der Waals surface area contributed by atoms with Crippen LogP contribution in [0.3, 0.4) is 0 Å². The van der Waals surface area contributed by atoms with Crippen LogP contribution in [-0.4, -0.2) is 14.2 Å². The summed E-state index contributed by atoms with van der Waals surface area (Å²) in [4.78, 5) is -0.161. The van der Waals surface area contributed by atoms with E-state index in [0.717, 1.165) is 11.1 Å². The Kier molecular flexibility index (Phi) is 4.89. The molecule has 0 saturated heterocycles. The van der Waals surface area contributed by atoms with Crippen molar-refractivity contribution in [3.8, 4) is 11.5 Å². The van der Waals surface area contributed by atoms with Crippen molar-refractivity contribution in [3.63, 3.8) is 0 Å². The Labute approximate surface area is 130 Å². The minimum atomic E-state index is -0.394. The Balaban J connectivity index is 2.33. The van der Waals surface area contributed by atoms with Crippen molar-refractivity contribution in [1.82, 2.24) is 0 Å². The average Bonchev–Trinajstić information content (AvgIpc) is 2.46. The van der Waals surface area contributed by atoms with Gasteiger partial charge < -0.3 is 9.47 Å². The Hall–Kier alpha value is -1.26. The second-order valence-electron chi connectivity index (χ2n) is 4.15. The highest BCUT2D eigenvalue weighted by atomic mass is 79.9. The fourth-order valence-electron chi connectivity index (χ4n) is 1.87. The molecule has 0 N–H and O–H groups in total. The molecule has 2 rings (SSSR count). The van der Waals surface area contributed by atoms with Crippen molar-refractivity contribution in [2.45, 2.75) is 4.83 Å². The first kappa shape index (κ1) is 15.1.